The molecule has 1 aromatic rings. The van der Waals surface area contributed by atoms with E-state index in [1.54, 1.807) is 4.90 Å². The molecule has 0 aromatic heterocycles. The summed E-state index contributed by atoms with van der Waals surface area (Å²) in [6.45, 7) is 8.46. The number of hydrogen-bond acceptors (Lipinski definition) is 2. The van der Waals surface area contributed by atoms with E-state index in [1.165, 1.54) is 5.56 Å². The van der Waals surface area contributed by atoms with Crippen LogP contribution >= 0.6 is 0 Å². The van der Waals surface area contributed by atoms with Crippen molar-refractivity contribution >= 4 is 17.3 Å². The largest absolute Gasteiger partial charge is 0.372 e. The third-order valence-corrected chi connectivity index (χ3v) is 3.27. The van der Waals surface area contributed by atoms with Crippen molar-refractivity contribution in [1.82, 2.24) is 0 Å². The van der Waals surface area contributed by atoms with Crippen LogP contribution in [-0.2, 0) is 10.2 Å². The second-order valence-corrected chi connectivity index (χ2v) is 5.71. The molecule has 0 radical (unpaired) electrons. The molecule has 0 spiro atoms. The molecule has 0 aliphatic carbocycles. The summed E-state index contributed by atoms with van der Waals surface area (Å²) in [5.74, 6) is 0.114. The summed E-state index contributed by atoms with van der Waals surface area (Å²) < 4.78 is 0. The topological polar surface area (TPSA) is 32.3 Å². The van der Waals surface area contributed by atoms with Gasteiger partial charge in [-0.15, -0.1) is 0 Å². The van der Waals surface area contributed by atoms with Crippen LogP contribution < -0.4 is 10.2 Å². The summed E-state index contributed by atoms with van der Waals surface area (Å²) in [5.41, 5.74) is 3.38. The Morgan fingerprint density at radius 2 is 1.94 bits per heavy atom. The van der Waals surface area contributed by atoms with Crippen LogP contribution in [-0.4, -0.2) is 19.0 Å². The summed E-state index contributed by atoms with van der Waals surface area (Å²) >= 11 is 0. The van der Waals surface area contributed by atoms with Crippen molar-refractivity contribution in [1.29, 1.82) is 0 Å². The monoisotopic (exact) mass is 232 g/mol. The highest BCUT2D eigenvalue weighted by atomic mass is 16.2. The summed E-state index contributed by atoms with van der Waals surface area (Å²) in [5, 5.41) is 3.32. The van der Waals surface area contributed by atoms with E-state index in [2.05, 4.69) is 32.2 Å². The Hall–Kier alpha value is -1.51. The van der Waals surface area contributed by atoms with Crippen molar-refractivity contribution in [3.05, 3.63) is 23.8 Å². The van der Waals surface area contributed by atoms with Crippen LogP contribution in [0.25, 0.3) is 0 Å². The first kappa shape index (κ1) is 12.0. The van der Waals surface area contributed by atoms with Crippen molar-refractivity contribution in [2.75, 3.05) is 17.3 Å². The summed E-state index contributed by atoms with van der Waals surface area (Å²) in [6, 6.07) is 5.97. The van der Waals surface area contributed by atoms with Crippen LogP contribution in [0.3, 0.4) is 0 Å². The van der Waals surface area contributed by atoms with Gasteiger partial charge in [-0.3, -0.25) is 4.79 Å². The molecule has 0 fully saturated rings. The Bertz CT molecular complexity index is 460. The van der Waals surface area contributed by atoms with Crippen LogP contribution in [0.1, 0.15) is 33.3 Å². The zero-order valence-electron chi connectivity index (χ0n) is 11.2. The third-order valence-electron chi connectivity index (χ3n) is 3.27. The fourth-order valence-electron chi connectivity index (χ4n) is 2.28. The lowest BCUT2D eigenvalue weighted by atomic mass is 9.84. The first-order valence-corrected chi connectivity index (χ1v) is 6.00. The van der Waals surface area contributed by atoms with E-state index in [4.69, 9.17) is 0 Å². The van der Waals surface area contributed by atoms with E-state index in [0.717, 1.165) is 11.4 Å². The normalized spacial score (nSPS) is 19.9. The summed E-state index contributed by atoms with van der Waals surface area (Å²) in [7, 11) is 1.84. The standard InChI is InChI=1S/C14H20N2O/c1-9-13(17)16(5)11-8-6-7-10(12(11)15-9)14(2,3)4/h6-9,15H,1-5H3. The molecule has 1 aliphatic rings. The SMILES string of the molecule is CC1Nc2c(cccc2C(C)(C)C)N(C)C1=O. The van der Waals surface area contributed by atoms with Crippen molar-refractivity contribution in [2.45, 2.75) is 39.2 Å². The number of hydrogen-bond donors (Lipinski definition) is 1. The second-order valence-electron chi connectivity index (χ2n) is 5.71. The van der Waals surface area contributed by atoms with Gasteiger partial charge in [-0.1, -0.05) is 32.9 Å². The number of para-hydroxylation sites is 1. The Balaban J connectivity index is 2.60. The third kappa shape index (κ3) is 1.90. The van der Waals surface area contributed by atoms with Gasteiger partial charge in [0.15, 0.2) is 0 Å². The number of carbonyl (C=O) groups excluding carboxylic acids is 1. The van der Waals surface area contributed by atoms with E-state index >= 15 is 0 Å². The number of amides is 1. The number of nitrogens with zero attached hydrogens (tertiary/aromatic N) is 1. The minimum Gasteiger partial charge on any atom is -0.372 e. The molecule has 92 valence electrons. The average Bonchev–Trinajstić information content (AvgIpc) is 2.24. The van der Waals surface area contributed by atoms with Gasteiger partial charge in [0, 0.05) is 7.05 Å². The summed E-state index contributed by atoms with van der Waals surface area (Å²) in [4.78, 5) is 13.7. The molecule has 2 rings (SSSR count). The number of fused-ring (bicyclic) bond motifs is 1. The van der Waals surface area contributed by atoms with Gasteiger partial charge in [-0.25, -0.2) is 0 Å². The van der Waals surface area contributed by atoms with Crippen LogP contribution in [0.5, 0.6) is 0 Å². The Kier molecular flexibility index (Phi) is 2.64. The fourth-order valence-corrected chi connectivity index (χ4v) is 2.28. The molecule has 1 amide bonds. The zero-order valence-corrected chi connectivity index (χ0v) is 11.2. The van der Waals surface area contributed by atoms with Gasteiger partial charge < -0.3 is 10.2 Å². The first-order valence-electron chi connectivity index (χ1n) is 6.00. The molecule has 1 aliphatic heterocycles. The van der Waals surface area contributed by atoms with Crippen molar-refractivity contribution < 1.29 is 4.79 Å². The smallest absolute Gasteiger partial charge is 0.248 e. The molecular formula is C14H20N2O. The molecule has 1 atom stereocenters. The fraction of sp³-hybridized carbons (Fsp3) is 0.500. The van der Waals surface area contributed by atoms with E-state index in [0.29, 0.717) is 0 Å². The number of carbonyl (C=O) groups is 1. The maximum Gasteiger partial charge on any atom is 0.248 e. The van der Waals surface area contributed by atoms with E-state index in [1.807, 2.05) is 26.1 Å². The Morgan fingerprint density at radius 3 is 2.53 bits per heavy atom. The maximum absolute atomic E-state index is 11.9. The predicted molar refractivity (Wildman–Crippen MR) is 71.6 cm³/mol. The van der Waals surface area contributed by atoms with Gasteiger partial charge in [0.25, 0.3) is 0 Å². The molecule has 0 bridgehead atoms. The Morgan fingerprint density at radius 1 is 1.29 bits per heavy atom. The minimum absolute atomic E-state index is 0.0687. The lowest BCUT2D eigenvalue weighted by Gasteiger charge is -2.35. The number of anilines is 2. The highest BCUT2D eigenvalue weighted by Gasteiger charge is 2.30. The molecule has 3 nitrogen and oxygen atoms in total. The molecule has 1 aromatic carbocycles. The number of nitrogens with one attached hydrogen (secondary N) is 1. The molecule has 0 saturated heterocycles. The molecule has 1 heterocycles. The number of benzene rings is 1. The van der Waals surface area contributed by atoms with E-state index in [-0.39, 0.29) is 17.4 Å². The van der Waals surface area contributed by atoms with Crippen LogP contribution in [0, 0.1) is 0 Å². The van der Waals surface area contributed by atoms with Crippen molar-refractivity contribution in [3.8, 4) is 0 Å². The van der Waals surface area contributed by atoms with Gasteiger partial charge >= 0.3 is 0 Å². The molecule has 0 saturated carbocycles. The molecule has 1 N–H and O–H groups in total. The van der Waals surface area contributed by atoms with Gasteiger partial charge in [0.1, 0.15) is 6.04 Å². The van der Waals surface area contributed by atoms with Crippen molar-refractivity contribution in [2.24, 2.45) is 0 Å². The van der Waals surface area contributed by atoms with Gasteiger partial charge in [-0.05, 0) is 24.0 Å². The number of likely N-dealkylation sites (N-methyl/N-ethyl adjacent to an activating group) is 1. The van der Waals surface area contributed by atoms with Crippen LogP contribution in [0.15, 0.2) is 18.2 Å². The minimum atomic E-state index is -0.156. The molecule has 1 unspecified atom stereocenters. The number of rotatable bonds is 0. The van der Waals surface area contributed by atoms with Crippen molar-refractivity contribution in [3.63, 3.8) is 0 Å². The van der Waals surface area contributed by atoms with Crippen LogP contribution in [0.2, 0.25) is 0 Å². The Labute approximate surface area is 103 Å². The van der Waals surface area contributed by atoms with Gasteiger partial charge in [0.2, 0.25) is 5.91 Å². The first-order chi connectivity index (χ1) is 7.82. The maximum atomic E-state index is 11.9. The van der Waals surface area contributed by atoms with E-state index < -0.39 is 0 Å². The predicted octanol–water partition coefficient (Wildman–Crippen LogP) is 2.76. The highest BCUT2D eigenvalue weighted by molar-refractivity contribution is 6.05. The van der Waals surface area contributed by atoms with Gasteiger partial charge in [0.05, 0.1) is 11.4 Å². The molecule has 17 heavy (non-hydrogen) atoms. The summed E-state index contributed by atoms with van der Waals surface area (Å²) in [6.07, 6.45) is 0. The molecule has 3 heteroatoms. The van der Waals surface area contributed by atoms with Gasteiger partial charge in [-0.2, -0.15) is 0 Å². The van der Waals surface area contributed by atoms with E-state index in [9.17, 15) is 4.79 Å². The zero-order chi connectivity index (χ0) is 12.8. The lowest BCUT2D eigenvalue weighted by Crippen LogP contribution is -2.44. The molecular weight excluding hydrogens is 212 g/mol. The second kappa shape index (κ2) is 3.76. The van der Waals surface area contributed by atoms with Crippen LogP contribution in [0.4, 0.5) is 11.4 Å². The lowest BCUT2D eigenvalue weighted by molar-refractivity contribution is -0.118. The average molecular weight is 232 g/mol. The highest BCUT2D eigenvalue weighted by Crippen LogP contribution is 2.39. The quantitative estimate of drug-likeness (QED) is 0.746.